The molecule has 2 aromatic rings. The molecule has 0 saturated heterocycles. The molecule has 0 spiro atoms. The zero-order chi connectivity index (χ0) is 24.7. The van der Waals surface area contributed by atoms with Crippen LogP contribution in [0.3, 0.4) is 0 Å². The fourth-order valence-electron chi connectivity index (χ4n) is 4.42. The number of nitrogens with zero attached hydrogens (tertiary/aromatic N) is 3. The van der Waals surface area contributed by atoms with Crippen molar-refractivity contribution in [2.45, 2.75) is 88.4 Å². The van der Waals surface area contributed by atoms with E-state index in [1.807, 2.05) is 33.8 Å². The summed E-state index contributed by atoms with van der Waals surface area (Å²) in [6.45, 7) is 7.98. The van der Waals surface area contributed by atoms with E-state index in [0.717, 1.165) is 19.3 Å². The molecule has 34 heavy (non-hydrogen) atoms. The van der Waals surface area contributed by atoms with E-state index in [1.54, 1.807) is 24.3 Å². The first-order chi connectivity index (χ1) is 16.3. The highest BCUT2D eigenvalue weighted by Gasteiger charge is 2.45. The largest absolute Gasteiger partial charge is 0.408 e. The summed E-state index contributed by atoms with van der Waals surface area (Å²) in [6.07, 6.45) is 4.96. The van der Waals surface area contributed by atoms with E-state index in [9.17, 15) is 14.4 Å². The minimum absolute atomic E-state index is 0.110. The van der Waals surface area contributed by atoms with Crippen molar-refractivity contribution in [2.75, 3.05) is 0 Å². The summed E-state index contributed by atoms with van der Waals surface area (Å²) < 4.78 is 5.65. The maximum absolute atomic E-state index is 13.6. The molecule has 8 nitrogen and oxygen atoms in total. The monoisotopic (exact) mass is 486 g/mol. The lowest BCUT2D eigenvalue weighted by Crippen LogP contribution is -2.65. The number of Topliss-reactive ketones (excluding diaryl/α,β-unsaturated/α-hetero) is 1. The van der Waals surface area contributed by atoms with E-state index >= 15 is 0 Å². The number of ketones is 1. The van der Waals surface area contributed by atoms with Gasteiger partial charge in [0.15, 0.2) is 0 Å². The fraction of sp³-hybridized carbons (Fsp3) is 0.560. The molecule has 0 aliphatic heterocycles. The number of carbonyl (C=O) groups is 3. The maximum atomic E-state index is 13.6. The number of amides is 2. The van der Waals surface area contributed by atoms with Crippen molar-refractivity contribution in [3.63, 3.8) is 0 Å². The molecule has 0 bridgehead atoms. The van der Waals surface area contributed by atoms with Crippen molar-refractivity contribution in [2.24, 2.45) is 5.92 Å². The fourth-order valence-corrected chi connectivity index (χ4v) is 5.04. The second-order valence-corrected chi connectivity index (χ2v) is 11.0. The van der Waals surface area contributed by atoms with Gasteiger partial charge in [-0.2, -0.15) is 0 Å². The van der Waals surface area contributed by atoms with Crippen molar-refractivity contribution < 1.29 is 18.8 Å². The summed E-state index contributed by atoms with van der Waals surface area (Å²) in [5.74, 6) is -0.656. The Kier molecular flexibility index (Phi) is 8.88. The van der Waals surface area contributed by atoms with Crippen LogP contribution in [0.4, 0.5) is 0 Å². The molecule has 0 unspecified atom stereocenters. The van der Waals surface area contributed by atoms with E-state index < -0.39 is 17.5 Å². The summed E-state index contributed by atoms with van der Waals surface area (Å²) in [6, 6.07) is 8.09. The molecule has 184 valence electrons. The van der Waals surface area contributed by atoms with E-state index in [2.05, 4.69) is 15.5 Å². The van der Waals surface area contributed by atoms with E-state index in [-0.39, 0.29) is 23.0 Å². The molecule has 1 aromatic heterocycles. The van der Waals surface area contributed by atoms with Gasteiger partial charge in [0.2, 0.25) is 12.2 Å². The van der Waals surface area contributed by atoms with Gasteiger partial charge in [-0.05, 0) is 50.2 Å². The molecule has 2 amide bonds. The van der Waals surface area contributed by atoms with Crippen LogP contribution < -0.4 is 5.32 Å². The van der Waals surface area contributed by atoms with E-state index in [1.165, 1.54) is 16.7 Å². The van der Waals surface area contributed by atoms with Crippen molar-refractivity contribution in [1.29, 1.82) is 0 Å². The quantitative estimate of drug-likeness (QED) is 0.212. The van der Waals surface area contributed by atoms with Crippen molar-refractivity contribution in [1.82, 2.24) is 20.4 Å². The van der Waals surface area contributed by atoms with Gasteiger partial charge in [0, 0.05) is 10.8 Å². The number of thioether (sulfide) groups is 1. The molecule has 1 heterocycles. The lowest BCUT2D eigenvalue weighted by Gasteiger charge is -2.48. The molecule has 1 aromatic carbocycles. The number of aromatic nitrogens is 2. The number of hydrogen-bond acceptors (Lipinski definition) is 7. The van der Waals surface area contributed by atoms with Crippen LogP contribution >= 0.6 is 11.8 Å². The minimum Gasteiger partial charge on any atom is -0.408 e. The van der Waals surface area contributed by atoms with Crippen LogP contribution in [0.2, 0.25) is 0 Å². The standard InChI is InChI=1S/C25H34N4O4S/c1-17(2)15-20(21(31)23-27-28-24(33-23)34-18(3)4)29(16-30)25(13-9-6-10-14-25)26-22(32)19-11-7-5-8-12-19/h5,7-8,11-12,16-18,20H,6,9-10,13-15H2,1-4H3,(H,26,32)/t20-/m0/s1. The lowest BCUT2D eigenvalue weighted by molar-refractivity contribution is -0.129. The first kappa shape index (κ1) is 25.9. The van der Waals surface area contributed by atoms with Gasteiger partial charge in [-0.3, -0.25) is 14.4 Å². The molecule has 1 N–H and O–H groups in total. The Morgan fingerprint density at radius 2 is 1.79 bits per heavy atom. The Morgan fingerprint density at radius 1 is 1.12 bits per heavy atom. The van der Waals surface area contributed by atoms with Crippen LogP contribution in [0.15, 0.2) is 40.0 Å². The zero-order valence-electron chi connectivity index (χ0n) is 20.3. The van der Waals surface area contributed by atoms with Gasteiger partial charge in [0.25, 0.3) is 17.0 Å². The number of rotatable bonds is 11. The van der Waals surface area contributed by atoms with Crippen LogP contribution in [0.25, 0.3) is 0 Å². The normalized spacial score (nSPS) is 16.3. The lowest BCUT2D eigenvalue weighted by atomic mass is 9.84. The topological polar surface area (TPSA) is 105 Å². The highest BCUT2D eigenvalue weighted by Crippen LogP contribution is 2.35. The summed E-state index contributed by atoms with van der Waals surface area (Å²) in [5, 5.41) is 11.6. The van der Waals surface area contributed by atoms with Crippen LogP contribution in [-0.2, 0) is 4.79 Å². The second kappa shape index (κ2) is 11.6. The maximum Gasteiger partial charge on any atom is 0.286 e. The molecule has 0 radical (unpaired) electrons. The van der Waals surface area contributed by atoms with Crippen LogP contribution in [0.5, 0.6) is 0 Å². The molecule has 1 saturated carbocycles. The molecule has 1 aliphatic carbocycles. The van der Waals surface area contributed by atoms with Gasteiger partial charge in [0.05, 0.1) is 0 Å². The zero-order valence-corrected chi connectivity index (χ0v) is 21.1. The highest BCUT2D eigenvalue weighted by molar-refractivity contribution is 7.99. The van der Waals surface area contributed by atoms with Gasteiger partial charge in [0.1, 0.15) is 11.7 Å². The molecule has 1 fully saturated rings. The molecule has 1 aliphatic rings. The highest BCUT2D eigenvalue weighted by atomic mass is 32.2. The number of benzene rings is 1. The Balaban J connectivity index is 1.95. The third-order valence-electron chi connectivity index (χ3n) is 5.96. The predicted octanol–water partition coefficient (Wildman–Crippen LogP) is 4.72. The van der Waals surface area contributed by atoms with Crippen LogP contribution in [0.1, 0.15) is 87.3 Å². The summed E-state index contributed by atoms with van der Waals surface area (Å²) in [5.41, 5.74) is -0.449. The Morgan fingerprint density at radius 3 is 2.38 bits per heavy atom. The molecular weight excluding hydrogens is 452 g/mol. The van der Waals surface area contributed by atoms with Crippen LogP contribution in [0, 0.1) is 5.92 Å². The summed E-state index contributed by atoms with van der Waals surface area (Å²) in [4.78, 5) is 40.8. The third kappa shape index (κ3) is 6.25. The summed E-state index contributed by atoms with van der Waals surface area (Å²) in [7, 11) is 0. The molecular formula is C25H34N4O4S. The first-order valence-corrected chi connectivity index (χ1v) is 12.8. The SMILES string of the molecule is CC(C)C[C@@H](C(=O)c1nnc(SC(C)C)o1)N(C=O)C1(NC(=O)c2ccccc2)CCCCC1. The van der Waals surface area contributed by atoms with Gasteiger partial charge in [-0.25, -0.2) is 0 Å². The Bertz CT molecular complexity index is 970. The van der Waals surface area contributed by atoms with E-state index in [0.29, 0.717) is 36.5 Å². The third-order valence-corrected chi connectivity index (χ3v) is 6.80. The Hall–Kier alpha value is -2.68. The molecule has 1 atom stereocenters. The Labute approximate surface area is 205 Å². The number of nitrogens with one attached hydrogen (secondary N) is 1. The average Bonchev–Trinajstić information content (AvgIpc) is 3.27. The van der Waals surface area contributed by atoms with Gasteiger partial charge >= 0.3 is 0 Å². The number of hydrogen-bond donors (Lipinski definition) is 1. The molecule has 3 rings (SSSR count). The molecule has 9 heteroatoms. The predicted molar refractivity (Wildman–Crippen MR) is 130 cm³/mol. The number of carbonyl (C=O) groups excluding carboxylic acids is 3. The van der Waals surface area contributed by atoms with Crippen molar-refractivity contribution in [3.8, 4) is 0 Å². The van der Waals surface area contributed by atoms with Crippen molar-refractivity contribution in [3.05, 3.63) is 41.8 Å². The first-order valence-electron chi connectivity index (χ1n) is 11.9. The minimum atomic E-state index is -0.961. The van der Waals surface area contributed by atoms with E-state index in [4.69, 9.17) is 4.42 Å². The average molecular weight is 487 g/mol. The van der Waals surface area contributed by atoms with Crippen molar-refractivity contribution >= 4 is 29.9 Å². The smallest absolute Gasteiger partial charge is 0.286 e. The van der Waals surface area contributed by atoms with Gasteiger partial charge in [-0.1, -0.05) is 64.1 Å². The van der Waals surface area contributed by atoms with Gasteiger partial charge in [-0.15, -0.1) is 10.2 Å². The second-order valence-electron chi connectivity index (χ2n) is 9.47. The van der Waals surface area contributed by atoms with Gasteiger partial charge < -0.3 is 14.6 Å². The van der Waals surface area contributed by atoms with Crippen LogP contribution in [-0.4, -0.2) is 50.2 Å². The summed E-state index contributed by atoms with van der Waals surface area (Å²) >= 11 is 1.38.